The molecule has 5 amide bonds. The molecule has 384 valence electrons. The number of carboxylic acid groups (broad SMARTS) is 2. The topological polar surface area (TPSA) is 332 Å². The van der Waals surface area contributed by atoms with E-state index in [9.17, 15) is 47.0 Å². The molecule has 20 nitrogen and oxygen atoms in total. The number of carboxylic acids is 2. The van der Waals surface area contributed by atoms with Crippen molar-refractivity contribution in [2.45, 2.75) is 101 Å². The summed E-state index contributed by atoms with van der Waals surface area (Å²) >= 11 is 0. The second kappa shape index (κ2) is 25.7. The molecule has 0 saturated carbocycles. The van der Waals surface area contributed by atoms with Crippen molar-refractivity contribution in [1.29, 1.82) is 0 Å². The second-order valence-electron chi connectivity index (χ2n) is 17.0. The summed E-state index contributed by atoms with van der Waals surface area (Å²) in [6, 6.07) is 16.8. The largest absolute Gasteiger partial charge is 0.490 e. The first kappa shape index (κ1) is 54.9. The van der Waals surface area contributed by atoms with Crippen LogP contribution < -0.4 is 38.1 Å². The summed E-state index contributed by atoms with van der Waals surface area (Å²) in [6.45, 7) is 3.69. The number of nitrogens with one attached hydrogen (secondary N) is 8. The van der Waals surface area contributed by atoms with Crippen LogP contribution in [0, 0.1) is 6.92 Å². The lowest BCUT2D eigenvalue weighted by Crippen LogP contribution is -2.59. The van der Waals surface area contributed by atoms with Crippen LogP contribution in [0.2, 0.25) is 0 Å². The number of nitrogens with two attached hydrogens (primary N) is 2. The lowest BCUT2D eigenvalue weighted by Gasteiger charge is -2.26. The SMILES string of the molecule is Cc1[nH]c2ccccc2c1C[C@@H](NC(=O)[C@@H](N)Cc1cnc[nH]1)C(=O)N[C@@H](C)C(=O)N[C@@H](Cc1c[nH]c2ccccc12)C(=O)N[C@H](Cc1ccccc1)C(=O)N[C@@H](CCCCN)C(=O)O.O=C(O)C(F)(F)F. The Labute approximate surface area is 410 Å². The van der Waals surface area contributed by atoms with Gasteiger partial charge >= 0.3 is 18.1 Å². The predicted octanol–water partition coefficient (Wildman–Crippen LogP) is 2.57. The van der Waals surface area contributed by atoms with Gasteiger partial charge in [-0.3, -0.25) is 24.0 Å². The van der Waals surface area contributed by atoms with Gasteiger partial charge in [-0.1, -0.05) is 66.7 Å². The molecule has 72 heavy (non-hydrogen) atoms. The fourth-order valence-corrected chi connectivity index (χ4v) is 7.78. The minimum Gasteiger partial charge on any atom is -0.480 e. The lowest BCUT2D eigenvalue weighted by molar-refractivity contribution is -0.192. The van der Waals surface area contributed by atoms with E-state index in [0.29, 0.717) is 36.2 Å². The number of aliphatic carboxylic acids is 2. The first-order valence-corrected chi connectivity index (χ1v) is 22.9. The molecule has 0 radical (unpaired) electrons. The van der Waals surface area contributed by atoms with Crippen molar-refractivity contribution in [3.8, 4) is 0 Å². The summed E-state index contributed by atoms with van der Waals surface area (Å²) in [6.07, 6.45) is 1.03. The highest BCUT2D eigenvalue weighted by molar-refractivity contribution is 5.97. The maximum Gasteiger partial charge on any atom is 0.490 e. The van der Waals surface area contributed by atoms with Crippen molar-refractivity contribution >= 4 is 63.3 Å². The van der Waals surface area contributed by atoms with Gasteiger partial charge in [0.1, 0.15) is 30.2 Å². The number of hydrogen-bond acceptors (Lipinski definition) is 10. The normalized spacial score (nSPS) is 13.8. The van der Waals surface area contributed by atoms with E-state index >= 15 is 0 Å². The molecule has 23 heteroatoms. The third-order valence-corrected chi connectivity index (χ3v) is 11.6. The number of H-pyrrole nitrogens is 3. The standard InChI is InChI=1S/C47H57N11O7.C2HF3O2/c1-27-34(33-15-7-9-17-37(33)53-27)23-41(57-43(60)35(49)22-31-25-50-26-52-31)44(61)54-28(2)42(59)56-40(21-30-24-51-36-16-8-6-14-32(30)36)46(63)58-39(20-29-12-4-3-5-13-29)45(62)55-38(47(64)65)18-10-11-19-48;3-2(4,5)1(6)7/h3-9,12-17,24-26,28,35,38-41,51,53H,10-11,18-23,48-49H2,1-2H3,(H,50,52)(H,54,61)(H,55,62)(H,56,59)(H,57,60)(H,58,63)(H,64,65);(H,6,7)/t28-,35-,38-,39+,40-,41+;/m0./s1. The van der Waals surface area contributed by atoms with Crippen LogP contribution in [0.4, 0.5) is 13.2 Å². The smallest absolute Gasteiger partial charge is 0.480 e. The fraction of sp³-hybridized carbons (Fsp3) is 0.347. The summed E-state index contributed by atoms with van der Waals surface area (Å²) in [5.74, 6) is -7.41. The number of imidazole rings is 1. The molecule has 0 spiro atoms. The third-order valence-electron chi connectivity index (χ3n) is 11.6. The van der Waals surface area contributed by atoms with E-state index < -0.39 is 83.9 Å². The maximum absolute atomic E-state index is 14.4. The van der Waals surface area contributed by atoms with Gasteiger partial charge in [0.25, 0.3) is 0 Å². The number of hydrogen-bond donors (Lipinski definition) is 12. The minimum absolute atomic E-state index is 0.0162. The molecule has 0 fully saturated rings. The Balaban J connectivity index is 0.00000128. The summed E-state index contributed by atoms with van der Waals surface area (Å²) in [7, 11) is 0. The van der Waals surface area contributed by atoms with Crippen LogP contribution in [-0.2, 0) is 59.2 Å². The van der Waals surface area contributed by atoms with Gasteiger partial charge in [0.2, 0.25) is 29.5 Å². The van der Waals surface area contributed by atoms with Crippen molar-refractivity contribution in [1.82, 2.24) is 46.5 Å². The molecular weight excluding hydrogens is 944 g/mol. The molecule has 3 heterocycles. The average molecular weight is 1000 g/mol. The molecule has 0 aliphatic rings. The van der Waals surface area contributed by atoms with Crippen molar-refractivity contribution in [2.75, 3.05) is 6.54 Å². The molecule has 0 aliphatic carbocycles. The highest BCUT2D eigenvalue weighted by Gasteiger charge is 2.38. The number of aromatic nitrogens is 4. The molecule has 0 saturated heterocycles. The van der Waals surface area contributed by atoms with E-state index in [4.69, 9.17) is 21.4 Å². The number of carbonyl (C=O) groups is 7. The molecule has 3 aromatic carbocycles. The van der Waals surface area contributed by atoms with Crippen LogP contribution in [0.1, 0.15) is 54.3 Å². The molecular formula is C49H58F3N11O9. The maximum atomic E-state index is 14.4. The second-order valence-corrected chi connectivity index (χ2v) is 17.0. The van der Waals surface area contributed by atoms with E-state index in [-0.39, 0.29) is 32.1 Å². The lowest BCUT2D eigenvalue weighted by atomic mass is 10.0. The number of rotatable bonds is 23. The molecule has 0 unspecified atom stereocenters. The van der Waals surface area contributed by atoms with E-state index in [1.807, 2.05) is 55.5 Å². The molecule has 3 aromatic heterocycles. The summed E-state index contributed by atoms with van der Waals surface area (Å²) in [4.78, 5) is 105. The zero-order chi connectivity index (χ0) is 52.5. The van der Waals surface area contributed by atoms with Gasteiger partial charge in [-0.15, -0.1) is 0 Å². The zero-order valence-corrected chi connectivity index (χ0v) is 39.3. The van der Waals surface area contributed by atoms with E-state index in [1.165, 1.54) is 13.3 Å². The summed E-state index contributed by atoms with van der Waals surface area (Å²) in [5.41, 5.74) is 17.1. The first-order valence-electron chi connectivity index (χ1n) is 22.9. The van der Waals surface area contributed by atoms with Gasteiger partial charge in [0.15, 0.2) is 0 Å². The van der Waals surface area contributed by atoms with E-state index in [1.54, 1.807) is 42.7 Å². The Hall–Kier alpha value is -8.05. The van der Waals surface area contributed by atoms with Gasteiger partial charge in [-0.25, -0.2) is 14.6 Å². The van der Waals surface area contributed by atoms with Gasteiger partial charge in [-0.05, 0) is 68.5 Å². The number of fused-ring (bicyclic) bond motifs is 2. The van der Waals surface area contributed by atoms with E-state index in [0.717, 1.165) is 33.1 Å². The van der Waals surface area contributed by atoms with Crippen LogP contribution in [0.25, 0.3) is 21.8 Å². The number of halogens is 3. The Morgan fingerprint density at radius 3 is 1.85 bits per heavy atom. The number of carbonyl (C=O) groups excluding carboxylic acids is 5. The van der Waals surface area contributed by atoms with Gasteiger partial charge in [-0.2, -0.15) is 13.2 Å². The van der Waals surface area contributed by atoms with Crippen LogP contribution in [0.5, 0.6) is 0 Å². The van der Waals surface area contributed by atoms with Crippen molar-refractivity contribution in [3.63, 3.8) is 0 Å². The van der Waals surface area contributed by atoms with Crippen LogP contribution in [0.15, 0.2) is 97.6 Å². The van der Waals surface area contributed by atoms with E-state index in [2.05, 4.69) is 46.5 Å². The zero-order valence-electron chi connectivity index (χ0n) is 39.3. The number of benzene rings is 3. The molecule has 0 aliphatic heterocycles. The van der Waals surface area contributed by atoms with Gasteiger partial charge in [0, 0.05) is 71.3 Å². The molecule has 0 bridgehead atoms. The van der Waals surface area contributed by atoms with Gasteiger partial charge < -0.3 is 63.2 Å². The number of aromatic amines is 3. The quantitative estimate of drug-likeness (QED) is 0.0412. The molecule has 6 rings (SSSR count). The molecule has 6 atom stereocenters. The number of alkyl halides is 3. The molecule has 6 aromatic rings. The summed E-state index contributed by atoms with van der Waals surface area (Å²) < 4.78 is 31.7. The first-order chi connectivity index (χ1) is 34.2. The van der Waals surface area contributed by atoms with Crippen molar-refractivity contribution < 1.29 is 56.9 Å². The van der Waals surface area contributed by atoms with Crippen LogP contribution >= 0.6 is 0 Å². The third kappa shape index (κ3) is 15.7. The average Bonchev–Trinajstić information content (AvgIpc) is 4.09. The highest BCUT2D eigenvalue weighted by atomic mass is 19.4. The Morgan fingerprint density at radius 1 is 0.667 bits per heavy atom. The Kier molecular flexibility index (Phi) is 19.6. The van der Waals surface area contributed by atoms with Crippen LogP contribution in [-0.4, -0.2) is 121 Å². The Morgan fingerprint density at radius 2 is 1.22 bits per heavy atom. The van der Waals surface area contributed by atoms with Crippen molar-refractivity contribution in [3.05, 3.63) is 126 Å². The number of nitrogens with zero attached hydrogens (tertiary/aromatic N) is 1. The number of para-hydroxylation sites is 2. The minimum atomic E-state index is -5.08. The fourth-order valence-electron chi connectivity index (χ4n) is 7.78. The van der Waals surface area contributed by atoms with Gasteiger partial charge in [0.05, 0.1) is 12.4 Å². The summed E-state index contributed by atoms with van der Waals surface area (Å²) in [5, 5.41) is 32.4. The monoisotopic (exact) mass is 1000 g/mol. The number of amides is 5. The number of unbranched alkanes of at least 4 members (excludes halogenated alkanes) is 1. The highest BCUT2D eigenvalue weighted by Crippen LogP contribution is 2.24. The predicted molar refractivity (Wildman–Crippen MR) is 259 cm³/mol. The van der Waals surface area contributed by atoms with Crippen LogP contribution in [0.3, 0.4) is 0 Å². The Bertz CT molecular complexity index is 2800. The van der Waals surface area contributed by atoms with Crippen molar-refractivity contribution in [2.24, 2.45) is 11.5 Å². The molecule has 14 N–H and O–H groups in total. The number of aryl methyl sites for hydroxylation is 1.